The van der Waals surface area contributed by atoms with E-state index in [0.29, 0.717) is 30.1 Å². The number of nitrogens with one attached hydrogen (secondary N) is 3. The molecule has 2 amide bonds. The number of hydrogen-bond donors (Lipinski definition) is 3. The molecule has 25 heavy (non-hydrogen) atoms. The maximum Gasteiger partial charge on any atom is 0.315 e. The Balaban J connectivity index is 1.51. The van der Waals surface area contributed by atoms with Gasteiger partial charge in [0.1, 0.15) is 0 Å². The number of carbonyl (C=O) groups is 1. The Morgan fingerprint density at radius 3 is 2.72 bits per heavy atom. The van der Waals surface area contributed by atoms with Crippen LogP contribution in [0.15, 0.2) is 59.4 Å². The fourth-order valence-corrected chi connectivity index (χ4v) is 2.79. The van der Waals surface area contributed by atoms with Crippen LogP contribution in [0, 0.1) is 0 Å². The van der Waals surface area contributed by atoms with E-state index in [-0.39, 0.29) is 11.6 Å². The summed E-state index contributed by atoms with van der Waals surface area (Å²) in [6.45, 7) is 0.770. The Hall–Kier alpha value is -2.79. The largest absolute Gasteiger partial charge is 0.338 e. The summed E-state index contributed by atoms with van der Waals surface area (Å²) >= 11 is 5.91. The van der Waals surface area contributed by atoms with E-state index < -0.39 is 0 Å². The van der Waals surface area contributed by atoms with Crippen molar-refractivity contribution >= 4 is 28.5 Å². The van der Waals surface area contributed by atoms with E-state index in [1.165, 1.54) is 0 Å². The van der Waals surface area contributed by atoms with Crippen molar-refractivity contribution in [1.29, 1.82) is 0 Å². The van der Waals surface area contributed by atoms with Crippen LogP contribution in [0.1, 0.15) is 11.1 Å². The van der Waals surface area contributed by atoms with E-state index in [1.54, 1.807) is 12.1 Å². The molecule has 0 radical (unpaired) electrons. The number of urea groups is 1. The molecule has 0 saturated heterocycles. The van der Waals surface area contributed by atoms with Gasteiger partial charge in [0, 0.05) is 29.2 Å². The quantitative estimate of drug-likeness (QED) is 0.657. The lowest BCUT2D eigenvalue weighted by Crippen LogP contribution is -2.36. The first-order valence-corrected chi connectivity index (χ1v) is 8.37. The van der Waals surface area contributed by atoms with Gasteiger partial charge in [-0.2, -0.15) is 0 Å². The van der Waals surface area contributed by atoms with Gasteiger partial charge in [-0.3, -0.25) is 4.79 Å². The first-order chi connectivity index (χ1) is 12.1. The van der Waals surface area contributed by atoms with E-state index in [0.717, 1.165) is 16.5 Å². The average molecular weight is 356 g/mol. The fourth-order valence-electron chi connectivity index (χ4n) is 2.58. The molecule has 0 saturated carbocycles. The molecule has 0 spiro atoms. The molecule has 128 valence electrons. The zero-order chi connectivity index (χ0) is 17.6. The number of aromatic amines is 1. The molecule has 6 heteroatoms. The van der Waals surface area contributed by atoms with Gasteiger partial charge < -0.3 is 15.6 Å². The van der Waals surface area contributed by atoms with Gasteiger partial charge >= 0.3 is 6.03 Å². The molecule has 0 bridgehead atoms. The summed E-state index contributed by atoms with van der Waals surface area (Å²) in [4.78, 5) is 26.8. The summed E-state index contributed by atoms with van der Waals surface area (Å²) in [5.41, 5.74) is 2.26. The van der Waals surface area contributed by atoms with Crippen molar-refractivity contribution in [1.82, 2.24) is 15.6 Å². The van der Waals surface area contributed by atoms with Gasteiger partial charge in [0.2, 0.25) is 0 Å². The molecule has 1 heterocycles. The van der Waals surface area contributed by atoms with E-state index >= 15 is 0 Å². The predicted molar refractivity (Wildman–Crippen MR) is 100.0 cm³/mol. The highest BCUT2D eigenvalue weighted by atomic mass is 35.5. The number of para-hydroxylation sites is 1. The number of halogens is 1. The van der Waals surface area contributed by atoms with Crippen LogP contribution in [0.5, 0.6) is 0 Å². The molecule has 0 aliphatic rings. The second-order valence-electron chi connectivity index (χ2n) is 5.70. The third kappa shape index (κ3) is 4.61. The third-order valence-electron chi connectivity index (χ3n) is 3.85. The van der Waals surface area contributed by atoms with Gasteiger partial charge in [-0.1, -0.05) is 41.9 Å². The van der Waals surface area contributed by atoms with Gasteiger partial charge in [-0.05, 0) is 41.6 Å². The summed E-state index contributed by atoms with van der Waals surface area (Å²) < 4.78 is 0. The maximum atomic E-state index is 12.1. The van der Waals surface area contributed by atoms with Crippen LogP contribution in [-0.2, 0) is 13.0 Å². The minimum absolute atomic E-state index is 0.125. The van der Waals surface area contributed by atoms with Gasteiger partial charge in [-0.25, -0.2) is 4.79 Å². The third-order valence-corrected chi connectivity index (χ3v) is 4.09. The standard InChI is InChI=1S/C19H18ClN3O2/c20-16-6-3-4-13(10-16)12-22-19(25)21-9-8-15-11-14-5-1-2-7-17(14)23-18(15)24/h1-7,10-11H,8-9,12H2,(H,23,24)(H2,21,22,25). The topological polar surface area (TPSA) is 74.0 Å². The first-order valence-electron chi connectivity index (χ1n) is 7.99. The summed E-state index contributed by atoms with van der Waals surface area (Å²) in [6, 6.07) is 16.5. The van der Waals surface area contributed by atoms with Crippen LogP contribution < -0.4 is 16.2 Å². The average Bonchev–Trinajstić information content (AvgIpc) is 2.60. The number of benzene rings is 2. The van der Waals surface area contributed by atoms with Crippen LogP contribution in [0.3, 0.4) is 0 Å². The number of H-pyrrole nitrogens is 1. The zero-order valence-corrected chi connectivity index (χ0v) is 14.3. The molecule has 0 unspecified atom stereocenters. The zero-order valence-electron chi connectivity index (χ0n) is 13.5. The Labute approximate surface area is 150 Å². The van der Waals surface area contributed by atoms with Crippen LogP contribution in [0.4, 0.5) is 4.79 Å². The van der Waals surface area contributed by atoms with Crippen LogP contribution in [-0.4, -0.2) is 17.6 Å². The summed E-state index contributed by atoms with van der Waals surface area (Å²) in [7, 11) is 0. The van der Waals surface area contributed by atoms with E-state index in [1.807, 2.05) is 42.5 Å². The van der Waals surface area contributed by atoms with Crippen molar-refractivity contribution in [3.63, 3.8) is 0 Å². The summed E-state index contributed by atoms with van der Waals surface area (Å²) in [5.74, 6) is 0. The highest BCUT2D eigenvalue weighted by molar-refractivity contribution is 6.30. The molecular formula is C19H18ClN3O2. The molecule has 3 rings (SSSR count). The lowest BCUT2D eigenvalue weighted by molar-refractivity contribution is 0.240. The van der Waals surface area contributed by atoms with Gasteiger partial charge in [0.15, 0.2) is 0 Å². The fraction of sp³-hybridized carbons (Fsp3) is 0.158. The number of fused-ring (bicyclic) bond motifs is 1. The van der Waals surface area contributed by atoms with Crippen LogP contribution in [0.25, 0.3) is 10.9 Å². The molecular weight excluding hydrogens is 338 g/mol. The van der Waals surface area contributed by atoms with Crippen molar-refractivity contribution in [2.75, 3.05) is 6.54 Å². The van der Waals surface area contributed by atoms with Crippen molar-refractivity contribution in [2.45, 2.75) is 13.0 Å². The molecule has 2 aromatic carbocycles. The monoisotopic (exact) mass is 355 g/mol. The minimum Gasteiger partial charge on any atom is -0.338 e. The van der Waals surface area contributed by atoms with Crippen molar-refractivity contribution in [3.05, 3.63) is 81.1 Å². The van der Waals surface area contributed by atoms with E-state index in [4.69, 9.17) is 11.6 Å². The molecule has 0 aliphatic carbocycles. The van der Waals surface area contributed by atoms with Crippen LogP contribution >= 0.6 is 11.6 Å². The Morgan fingerprint density at radius 1 is 1.04 bits per heavy atom. The summed E-state index contributed by atoms with van der Waals surface area (Å²) in [5, 5.41) is 7.13. The number of amides is 2. The van der Waals surface area contributed by atoms with Crippen molar-refractivity contribution < 1.29 is 4.79 Å². The Kier molecular flexibility index (Phi) is 5.36. The molecule has 0 aliphatic heterocycles. The van der Waals surface area contributed by atoms with E-state index in [2.05, 4.69) is 15.6 Å². The number of hydrogen-bond acceptors (Lipinski definition) is 2. The lowest BCUT2D eigenvalue weighted by Gasteiger charge is -2.08. The minimum atomic E-state index is -0.280. The molecule has 3 aromatic rings. The molecule has 0 atom stereocenters. The second kappa shape index (κ2) is 7.85. The highest BCUT2D eigenvalue weighted by Crippen LogP contribution is 2.11. The van der Waals surface area contributed by atoms with Gasteiger partial charge in [0.25, 0.3) is 5.56 Å². The summed E-state index contributed by atoms with van der Waals surface area (Å²) in [6.07, 6.45) is 0.463. The number of carbonyl (C=O) groups excluding carboxylic acids is 1. The van der Waals surface area contributed by atoms with Gasteiger partial charge in [0.05, 0.1) is 0 Å². The number of pyridine rings is 1. The van der Waals surface area contributed by atoms with Gasteiger partial charge in [-0.15, -0.1) is 0 Å². The Morgan fingerprint density at radius 2 is 1.88 bits per heavy atom. The Bertz CT molecular complexity index is 953. The predicted octanol–water partition coefficient (Wildman–Crippen LogP) is 3.22. The number of rotatable bonds is 5. The van der Waals surface area contributed by atoms with Crippen LogP contribution in [0.2, 0.25) is 5.02 Å². The first kappa shape index (κ1) is 17.0. The molecule has 5 nitrogen and oxygen atoms in total. The van der Waals surface area contributed by atoms with E-state index in [9.17, 15) is 9.59 Å². The second-order valence-corrected chi connectivity index (χ2v) is 6.14. The van der Waals surface area contributed by atoms with Crippen molar-refractivity contribution in [3.8, 4) is 0 Å². The smallest absolute Gasteiger partial charge is 0.315 e. The SMILES string of the molecule is O=C(NCCc1cc2ccccc2[nH]c1=O)NCc1cccc(Cl)c1. The molecule has 3 N–H and O–H groups in total. The molecule has 0 fully saturated rings. The highest BCUT2D eigenvalue weighted by Gasteiger charge is 2.05. The lowest BCUT2D eigenvalue weighted by atomic mass is 10.1. The molecule has 1 aromatic heterocycles. The van der Waals surface area contributed by atoms with Crippen molar-refractivity contribution in [2.24, 2.45) is 0 Å². The number of aromatic nitrogens is 1. The maximum absolute atomic E-state index is 12.1. The normalized spacial score (nSPS) is 10.6.